The van der Waals surface area contributed by atoms with E-state index in [9.17, 15) is 4.39 Å². The largest absolute Gasteiger partial charge is 0.492 e. The van der Waals surface area contributed by atoms with Crippen molar-refractivity contribution in [1.29, 1.82) is 5.26 Å². The number of ether oxygens (including phenoxy) is 1. The highest BCUT2D eigenvalue weighted by Gasteiger charge is 2.15. The first-order valence-corrected chi connectivity index (χ1v) is 5.19. The molecule has 0 N–H and O–H groups in total. The van der Waals surface area contributed by atoms with Gasteiger partial charge < -0.3 is 4.74 Å². The van der Waals surface area contributed by atoms with E-state index in [0.29, 0.717) is 12.4 Å². The van der Waals surface area contributed by atoms with E-state index < -0.39 is 5.95 Å². The number of rotatable bonds is 5. The monoisotopic (exact) mass is 222 g/mol. The molecule has 4 heteroatoms. The van der Waals surface area contributed by atoms with Gasteiger partial charge in [-0.05, 0) is 38.8 Å². The van der Waals surface area contributed by atoms with Crippen LogP contribution >= 0.6 is 0 Å². The summed E-state index contributed by atoms with van der Waals surface area (Å²) in [5.74, 6) is 0.0362. The maximum absolute atomic E-state index is 12.5. The number of hydrogen-bond acceptors (Lipinski definition) is 3. The van der Waals surface area contributed by atoms with Gasteiger partial charge in [-0.1, -0.05) is 0 Å². The Balaban J connectivity index is 2.27. The van der Waals surface area contributed by atoms with Crippen LogP contribution in [0.3, 0.4) is 0 Å². The van der Waals surface area contributed by atoms with Gasteiger partial charge in [0.25, 0.3) is 0 Å². The molecule has 1 aromatic rings. The van der Waals surface area contributed by atoms with Gasteiger partial charge in [-0.25, -0.2) is 4.98 Å². The summed E-state index contributed by atoms with van der Waals surface area (Å²) in [6.45, 7) is 4.30. The number of hydrogen-bond donors (Lipinski definition) is 0. The van der Waals surface area contributed by atoms with Gasteiger partial charge in [0.2, 0.25) is 5.95 Å². The molecule has 0 spiro atoms. The van der Waals surface area contributed by atoms with Gasteiger partial charge in [-0.15, -0.1) is 0 Å². The number of halogens is 1. The van der Waals surface area contributed by atoms with Crippen molar-refractivity contribution in [3.63, 3.8) is 0 Å². The summed E-state index contributed by atoms with van der Waals surface area (Å²) in [4.78, 5) is 3.48. The molecule has 1 heterocycles. The fraction of sp³-hybridized carbons (Fsp3) is 0.500. The maximum atomic E-state index is 12.5. The van der Waals surface area contributed by atoms with Crippen LogP contribution in [0.5, 0.6) is 5.75 Å². The van der Waals surface area contributed by atoms with E-state index in [2.05, 4.69) is 11.1 Å². The van der Waals surface area contributed by atoms with Crippen LogP contribution < -0.4 is 4.74 Å². The molecule has 16 heavy (non-hydrogen) atoms. The predicted molar refractivity (Wildman–Crippen MR) is 58.3 cm³/mol. The van der Waals surface area contributed by atoms with E-state index in [1.165, 1.54) is 18.3 Å². The molecule has 0 aromatic carbocycles. The molecule has 0 saturated carbocycles. The zero-order valence-electron chi connectivity index (χ0n) is 9.53. The van der Waals surface area contributed by atoms with Crippen LogP contribution in [0.25, 0.3) is 0 Å². The molecule has 0 aliphatic rings. The molecule has 1 rings (SSSR count). The molecule has 0 bridgehead atoms. The second kappa shape index (κ2) is 5.45. The van der Waals surface area contributed by atoms with Gasteiger partial charge >= 0.3 is 0 Å². The first-order chi connectivity index (χ1) is 7.53. The summed E-state index contributed by atoms with van der Waals surface area (Å²) in [6.07, 6.45) is 2.92. The van der Waals surface area contributed by atoms with Crippen molar-refractivity contribution in [1.82, 2.24) is 4.98 Å². The van der Waals surface area contributed by atoms with Crippen molar-refractivity contribution in [3.8, 4) is 11.8 Å². The molecule has 0 aliphatic heterocycles. The van der Waals surface area contributed by atoms with Crippen molar-refractivity contribution >= 4 is 0 Å². The molecule has 1 aromatic heterocycles. The third-order valence-electron chi connectivity index (χ3n) is 2.22. The summed E-state index contributed by atoms with van der Waals surface area (Å²) in [5, 5.41) is 8.80. The third kappa shape index (κ3) is 4.26. The highest BCUT2D eigenvalue weighted by atomic mass is 19.1. The van der Waals surface area contributed by atoms with Gasteiger partial charge in [-0.3, -0.25) is 0 Å². The lowest BCUT2D eigenvalue weighted by Gasteiger charge is -2.14. The van der Waals surface area contributed by atoms with Gasteiger partial charge in [0, 0.05) is 0 Å². The van der Waals surface area contributed by atoms with Gasteiger partial charge in [0.1, 0.15) is 5.75 Å². The van der Waals surface area contributed by atoms with Crippen LogP contribution in [-0.2, 0) is 0 Å². The Morgan fingerprint density at radius 1 is 1.50 bits per heavy atom. The average molecular weight is 222 g/mol. The SMILES string of the molecule is CC(C)(C#N)CCCOc1ccc(F)nc1. The molecular formula is C12H15FN2O. The molecular weight excluding hydrogens is 207 g/mol. The van der Waals surface area contributed by atoms with E-state index in [1.54, 1.807) is 0 Å². The zero-order valence-corrected chi connectivity index (χ0v) is 9.53. The highest BCUT2D eigenvalue weighted by Crippen LogP contribution is 2.20. The Labute approximate surface area is 94.9 Å². The average Bonchev–Trinajstić information content (AvgIpc) is 2.27. The topological polar surface area (TPSA) is 45.9 Å². The van der Waals surface area contributed by atoms with Crippen LogP contribution in [0, 0.1) is 22.7 Å². The number of nitriles is 1. The lowest BCUT2D eigenvalue weighted by molar-refractivity contribution is 0.282. The standard InChI is InChI=1S/C12H15FN2O/c1-12(2,9-14)6-3-7-16-10-4-5-11(13)15-8-10/h4-5,8H,3,6-7H2,1-2H3. The van der Waals surface area contributed by atoms with E-state index in [0.717, 1.165) is 12.8 Å². The predicted octanol–water partition coefficient (Wildman–Crippen LogP) is 2.93. The van der Waals surface area contributed by atoms with Crippen LogP contribution in [0.15, 0.2) is 18.3 Å². The number of nitrogens with zero attached hydrogens (tertiary/aromatic N) is 2. The zero-order chi connectivity index (χ0) is 12.0. The molecule has 0 atom stereocenters. The Morgan fingerprint density at radius 2 is 2.25 bits per heavy atom. The summed E-state index contributed by atoms with van der Waals surface area (Å²) >= 11 is 0. The van der Waals surface area contributed by atoms with Crippen molar-refractivity contribution < 1.29 is 9.13 Å². The van der Waals surface area contributed by atoms with Crippen molar-refractivity contribution in [2.45, 2.75) is 26.7 Å². The van der Waals surface area contributed by atoms with Crippen LogP contribution in [0.4, 0.5) is 4.39 Å². The fourth-order valence-corrected chi connectivity index (χ4v) is 1.21. The summed E-state index contributed by atoms with van der Waals surface area (Å²) in [5.41, 5.74) is -0.315. The minimum absolute atomic E-state index is 0.315. The Bertz CT molecular complexity index is 368. The van der Waals surface area contributed by atoms with Crippen LogP contribution in [0.1, 0.15) is 26.7 Å². The molecule has 0 saturated heterocycles. The maximum Gasteiger partial charge on any atom is 0.213 e. The normalized spacial score (nSPS) is 10.9. The Morgan fingerprint density at radius 3 is 2.81 bits per heavy atom. The van der Waals surface area contributed by atoms with Crippen molar-refractivity contribution in [2.75, 3.05) is 6.61 Å². The van der Waals surface area contributed by atoms with Crippen molar-refractivity contribution in [2.24, 2.45) is 5.41 Å². The van der Waals surface area contributed by atoms with E-state index in [1.807, 2.05) is 13.8 Å². The minimum atomic E-state index is -0.516. The lowest BCUT2D eigenvalue weighted by atomic mass is 9.90. The first-order valence-electron chi connectivity index (χ1n) is 5.19. The van der Waals surface area contributed by atoms with Crippen LogP contribution in [0.2, 0.25) is 0 Å². The Hall–Kier alpha value is -1.63. The van der Waals surface area contributed by atoms with E-state index in [-0.39, 0.29) is 5.41 Å². The molecule has 0 aliphatic carbocycles. The highest BCUT2D eigenvalue weighted by molar-refractivity contribution is 5.15. The smallest absolute Gasteiger partial charge is 0.213 e. The summed E-state index contributed by atoms with van der Waals surface area (Å²) in [7, 11) is 0. The third-order valence-corrected chi connectivity index (χ3v) is 2.22. The minimum Gasteiger partial charge on any atom is -0.492 e. The molecule has 0 radical (unpaired) electrons. The van der Waals surface area contributed by atoms with Gasteiger partial charge in [-0.2, -0.15) is 9.65 Å². The number of aromatic nitrogens is 1. The van der Waals surface area contributed by atoms with E-state index >= 15 is 0 Å². The summed E-state index contributed by atoms with van der Waals surface area (Å²) in [6, 6.07) is 5.03. The first kappa shape index (κ1) is 12.4. The second-order valence-corrected chi connectivity index (χ2v) is 4.26. The number of pyridine rings is 1. The molecule has 3 nitrogen and oxygen atoms in total. The molecule has 86 valence electrons. The van der Waals surface area contributed by atoms with Gasteiger partial charge in [0.15, 0.2) is 0 Å². The van der Waals surface area contributed by atoms with Crippen molar-refractivity contribution in [3.05, 3.63) is 24.3 Å². The molecule has 0 fully saturated rings. The van der Waals surface area contributed by atoms with Gasteiger partial charge in [0.05, 0.1) is 24.3 Å². The summed E-state index contributed by atoms with van der Waals surface area (Å²) < 4.78 is 17.8. The Kier molecular flexibility index (Phi) is 4.24. The lowest BCUT2D eigenvalue weighted by Crippen LogP contribution is -2.10. The van der Waals surface area contributed by atoms with E-state index in [4.69, 9.17) is 10.00 Å². The fourth-order valence-electron chi connectivity index (χ4n) is 1.21. The quantitative estimate of drug-likeness (QED) is 0.568. The second-order valence-electron chi connectivity index (χ2n) is 4.26. The van der Waals surface area contributed by atoms with Crippen LogP contribution in [-0.4, -0.2) is 11.6 Å². The molecule has 0 unspecified atom stereocenters. The molecule has 0 amide bonds.